The molecule has 1 aliphatic heterocycles. The maximum atomic E-state index is 6.19. The predicted molar refractivity (Wildman–Crippen MR) is 88.8 cm³/mol. The van der Waals surface area contributed by atoms with Gasteiger partial charge in [-0.2, -0.15) is 0 Å². The molecule has 1 aliphatic rings. The summed E-state index contributed by atoms with van der Waals surface area (Å²) in [5, 5.41) is 0. The van der Waals surface area contributed by atoms with E-state index in [1.165, 1.54) is 5.56 Å². The smallest absolute Gasteiger partial charge is 0.399 e. The highest BCUT2D eigenvalue weighted by Gasteiger charge is 2.52. The van der Waals surface area contributed by atoms with Crippen molar-refractivity contribution in [3.05, 3.63) is 29.8 Å². The van der Waals surface area contributed by atoms with Crippen LogP contribution in [0, 0.1) is 0 Å². The lowest BCUT2D eigenvalue weighted by Gasteiger charge is -2.32. The van der Waals surface area contributed by atoms with Crippen molar-refractivity contribution in [2.24, 2.45) is 0 Å². The molecular weight excluding hydrogens is 261 g/mol. The van der Waals surface area contributed by atoms with Crippen LogP contribution in [0.1, 0.15) is 47.1 Å². The number of benzene rings is 1. The largest absolute Gasteiger partial charge is 0.495 e. The maximum Gasteiger partial charge on any atom is 0.495 e. The molecule has 2 rings (SSSR count). The van der Waals surface area contributed by atoms with Crippen molar-refractivity contribution in [2.45, 2.75) is 65.3 Å². The number of hydrogen-bond donors (Lipinski definition) is 0. The molecule has 0 spiro atoms. The summed E-state index contributed by atoms with van der Waals surface area (Å²) < 4.78 is 12.4. The van der Waals surface area contributed by atoms with Crippen LogP contribution in [0.5, 0.6) is 0 Å². The van der Waals surface area contributed by atoms with Crippen molar-refractivity contribution in [3.63, 3.8) is 0 Å². The monoisotopic (exact) mass is 289 g/mol. The van der Waals surface area contributed by atoms with Gasteiger partial charge in [0.05, 0.1) is 11.2 Å². The third kappa shape index (κ3) is 3.33. The molecule has 0 aromatic heterocycles. The van der Waals surface area contributed by atoms with E-state index in [4.69, 9.17) is 9.31 Å². The Labute approximate surface area is 129 Å². The molecule has 1 saturated heterocycles. The van der Waals surface area contributed by atoms with Crippen LogP contribution in [0.3, 0.4) is 0 Å². The van der Waals surface area contributed by atoms with Crippen molar-refractivity contribution < 1.29 is 9.31 Å². The molecule has 116 valence electrons. The first-order valence-corrected chi connectivity index (χ1v) is 7.78. The number of hydrogen-bond acceptors (Lipinski definition) is 3. The van der Waals surface area contributed by atoms with E-state index in [1.807, 2.05) is 0 Å². The molecule has 1 aromatic rings. The van der Waals surface area contributed by atoms with Crippen molar-refractivity contribution >= 4 is 12.6 Å². The number of nitrogens with zero attached hydrogens (tertiary/aromatic N) is 1. The summed E-state index contributed by atoms with van der Waals surface area (Å²) in [5.41, 5.74) is 1.82. The van der Waals surface area contributed by atoms with Gasteiger partial charge in [0.1, 0.15) is 0 Å². The van der Waals surface area contributed by atoms with Crippen molar-refractivity contribution in [3.8, 4) is 0 Å². The molecule has 1 heterocycles. The van der Waals surface area contributed by atoms with Crippen molar-refractivity contribution in [2.75, 3.05) is 7.05 Å². The molecule has 3 nitrogen and oxygen atoms in total. The van der Waals surface area contributed by atoms with Gasteiger partial charge in [0.2, 0.25) is 0 Å². The molecule has 0 bridgehead atoms. The zero-order chi connectivity index (χ0) is 15.8. The summed E-state index contributed by atoms with van der Waals surface area (Å²) in [6.45, 7) is 13.7. The fourth-order valence-electron chi connectivity index (χ4n) is 2.33. The molecule has 21 heavy (non-hydrogen) atoms. The Balaban J connectivity index is 2.26. The van der Waals surface area contributed by atoms with Gasteiger partial charge in [-0.05, 0) is 59.6 Å². The fourth-order valence-corrected chi connectivity index (χ4v) is 2.33. The Morgan fingerprint density at radius 2 is 1.57 bits per heavy atom. The van der Waals surface area contributed by atoms with Gasteiger partial charge in [0.15, 0.2) is 0 Å². The molecular formula is C17H28BNO2. The first-order chi connectivity index (χ1) is 9.64. The van der Waals surface area contributed by atoms with Crippen molar-refractivity contribution in [1.29, 1.82) is 0 Å². The highest BCUT2D eigenvalue weighted by molar-refractivity contribution is 6.62. The van der Waals surface area contributed by atoms with E-state index in [1.54, 1.807) is 0 Å². The second-order valence-electron chi connectivity index (χ2n) is 7.30. The van der Waals surface area contributed by atoms with Gasteiger partial charge in [0.25, 0.3) is 0 Å². The van der Waals surface area contributed by atoms with Gasteiger partial charge in [-0.25, -0.2) is 0 Å². The van der Waals surface area contributed by atoms with Crippen LogP contribution in [0.15, 0.2) is 24.3 Å². The predicted octanol–water partition coefficient (Wildman–Crippen LogP) is 2.83. The van der Waals surface area contributed by atoms with E-state index in [9.17, 15) is 0 Å². The average molecular weight is 289 g/mol. The summed E-state index contributed by atoms with van der Waals surface area (Å²) in [6, 6.07) is 8.93. The second-order valence-corrected chi connectivity index (χ2v) is 7.30. The van der Waals surface area contributed by atoms with E-state index in [0.29, 0.717) is 6.04 Å². The van der Waals surface area contributed by atoms with Gasteiger partial charge in [0, 0.05) is 12.6 Å². The number of rotatable bonds is 4. The van der Waals surface area contributed by atoms with E-state index < -0.39 is 0 Å². The highest BCUT2D eigenvalue weighted by atomic mass is 16.7. The summed E-state index contributed by atoms with van der Waals surface area (Å²) in [5.74, 6) is 0. The van der Waals surface area contributed by atoms with E-state index >= 15 is 0 Å². The normalized spacial score (nSPS) is 20.5. The molecule has 0 saturated carbocycles. The molecule has 0 radical (unpaired) electrons. The third-order valence-corrected chi connectivity index (χ3v) is 4.86. The summed E-state index contributed by atoms with van der Waals surface area (Å²) in [7, 11) is 1.86. The Hall–Kier alpha value is -0.835. The van der Waals surface area contributed by atoms with Gasteiger partial charge >= 0.3 is 7.12 Å². The lowest BCUT2D eigenvalue weighted by molar-refractivity contribution is 0.00578. The Bertz CT molecular complexity index is 483. The highest BCUT2D eigenvalue weighted by Crippen LogP contribution is 2.36. The Morgan fingerprint density at radius 3 is 2.10 bits per heavy atom. The quantitative estimate of drug-likeness (QED) is 0.796. The second kappa shape index (κ2) is 5.75. The van der Waals surface area contributed by atoms with Crippen LogP contribution in [0.2, 0.25) is 0 Å². The Morgan fingerprint density at radius 1 is 1.05 bits per heavy atom. The molecule has 1 aromatic carbocycles. The van der Waals surface area contributed by atoms with Crippen LogP contribution in [0.25, 0.3) is 0 Å². The molecule has 0 unspecified atom stereocenters. The summed E-state index contributed by atoms with van der Waals surface area (Å²) in [4.78, 5) is 2.32. The first kappa shape index (κ1) is 16.5. The van der Waals surface area contributed by atoms with Crippen molar-refractivity contribution in [1.82, 2.24) is 4.90 Å². The lowest BCUT2D eigenvalue weighted by Crippen LogP contribution is -2.41. The minimum absolute atomic E-state index is 0.285. The molecule has 0 atom stereocenters. The zero-order valence-corrected chi connectivity index (χ0v) is 14.4. The molecule has 1 fully saturated rings. The molecule has 0 amide bonds. The average Bonchev–Trinajstić information content (AvgIpc) is 2.58. The SMILES string of the molecule is CC(C)N(C)Cc1ccccc1B1OC(C)(C)C(C)(C)O1. The first-order valence-electron chi connectivity index (χ1n) is 7.78. The molecule has 0 N–H and O–H groups in total. The minimum atomic E-state index is -0.297. The topological polar surface area (TPSA) is 21.7 Å². The summed E-state index contributed by atoms with van der Waals surface area (Å²) >= 11 is 0. The maximum absolute atomic E-state index is 6.19. The molecule has 0 aliphatic carbocycles. The third-order valence-electron chi connectivity index (χ3n) is 4.86. The minimum Gasteiger partial charge on any atom is -0.399 e. The van der Waals surface area contributed by atoms with E-state index in [-0.39, 0.29) is 18.3 Å². The van der Waals surface area contributed by atoms with Gasteiger partial charge < -0.3 is 9.31 Å². The lowest BCUT2D eigenvalue weighted by atomic mass is 9.76. The zero-order valence-electron chi connectivity index (χ0n) is 14.4. The van der Waals surface area contributed by atoms with E-state index in [2.05, 4.69) is 77.8 Å². The summed E-state index contributed by atoms with van der Waals surface area (Å²) in [6.07, 6.45) is 0. The van der Waals surface area contributed by atoms with Crippen LogP contribution < -0.4 is 5.46 Å². The van der Waals surface area contributed by atoms with Gasteiger partial charge in [-0.3, -0.25) is 4.90 Å². The Kier molecular flexibility index (Phi) is 4.53. The van der Waals surface area contributed by atoms with Gasteiger partial charge in [-0.1, -0.05) is 24.3 Å². The van der Waals surface area contributed by atoms with E-state index in [0.717, 1.165) is 12.0 Å². The fraction of sp³-hybridized carbons (Fsp3) is 0.647. The standard InChI is InChI=1S/C17H28BNO2/c1-13(2)19(7)12-14-10-8-9-11-15(14)18-20-16(3,4)17(5,6)21-18/h8-11,13H,12H2,1-7H3. The van der Waals surface area contributed by atoms with Gasteiger partial charge in [-0.15, -0.1) is 0 Å². The van der Waals surface area contributed by atoms with Crippen LogP contribution in [-0.4, -0.2) is 36.3 Å². The van der Waals surface area contributed by atoms with Crippen LogP contribution >= 0.6 is 0 Å². The van der Waals surface area contributed by atoms with Crippen LogP contribution in [-0.2, 0) is 15.9 Å². The molecule has 4 heteroatoms. The van der Waals surface area contributed by atoms with Crippen LogP contribution in [0.4, 0.5) is 0 Å².